The zero-order valence-electron chi connectivity index (χ0n) is 17.4. The number of rotatable bonds is 6. The minimum atomic E-state index is -3.98. The van der Waals surface area contributed by atoms with Crippen LogP contribution < -0.4 is 4.74 Å². The van der Waals surface area contributed by atoms with Gasteiger partial charge < -0.3 is 14.1 Å². The van der Waals surface area contributed by atoms with Crippen molar-refractivity contribution >= 4 is 21.6 Å². The van der Waals surface area contributed by atoms with Crippen molar-refractivity contribution in [1.82, 2.24) is 19.4 Å². The number of nitro benzene ring substituents is 1. The van der Waals surface area contributed by atoms with Crippen LogP contribution in [0.15, 0.2) is 58.2 Å². The number of methoxy groups -OCH3 is 1. The standard InChI is InChI=1S/C20H19N5O7S/c1-31-18-7-6-16(12-17(18)25(27)28)33(29,30)24-10-8-23(9-11-24)20(26)15-4-2-14(3-5-15)19-22-21-13-32-19/h2-7,12-13H,8-11H2,1H3. The minimum Gasteiger partial charge on any atom is -0.490 e. The summed E-state index contributed by atoms with van der Waals surface area (Å²) in [6.45, 7) is 0.491. The molecule has 1 saturated heterocycles. The van der Waals surface area contributed by atoms with Crippen molar-refractivity contribution in [1.29, 1.82) is 0 Å². The molecule has 33 heavy (non-hydrogen) atoms. The predicted octanol–water partition coefficient (Wildman–Crippen LogP) is 1.80. The van der Waals surface area contributed by atoms with Crippen LogP contribution >= 0.6 is 0 Å². The van der Waals surface area contributed by atoms with Crippen molar-refractivity contribution in [3.63, 3.8) is 0 Å². The molecular formula is C20H19N5O7S. The van der Waals surface area contributed by atoms with Gasteiger partial charge >= 0.3 is 5.69 Å². The molecule has 12 nitrogen and oxygen atoms in total. The topological polar surface area (TPSA) is 149 Å². The molecule has 0 bridgehead atoms. The Morgan fingerprint density at radius 3 is 2.39 bits per heavy atom. The molecule has 1 amide bonds. The lowest BCUT2D eigenvalue weighted by Gasteiger charge is -2.34. The summed E-state index contributed by atoms with van der Waals surface area (Å²) in [6, 6.07) is 10.2. The van der Waals surface area contributed by atoms with Gasteiger partial charge in [0.05, 0.1) is 16.9 Å². The first-order valence-corrected chi connectivity index (χ1v) is 11.2. The van der Waals surface area contributed by atoms with E-state index < -0.39 is 20.6 Å². The maximum Gasteiger partial charge on any atom is 0.312 e. The molecule has 4 rings (SSSR count). The van der Waals surface area contributed by atoms with E-state index in [1.54, 1.807) is 29.2 Å². The number of hydrogen-bond donors (Lipinski definition) is 0. The van der Waals surface area contributed by atoms with E-state index in [1.165, 1.54) is 29.9 Å². The first-order chi connectivity index (χ1) is 15.8. The van der Waals surface area contributed by atoms with Crippen LogP contribution in [0.5, 0.6) is 5.75 Å². The summed E-state index contributed by atoms with van der Waals surface area (Å²) in [6.07, 6.45) is 1.21. The summed E-state index contributed by atoms with van der Waals surface area (Å²) in [5.74, 6) is 0.0790. The van der Waals surface area contributed by atoms with Crippen molar-refractivity contribution in [2.45, 2.75) is 4.90 Å². The van der Waals surface area contributed by atoms with Gasteiger partial charge in [-0.1, -0.05) is 0 Å². The van der Waals surface area contributed by atoms with Gasteiger partial charge in [-0.05, 0) is 36.4 Å². The van der Waals surface area contributed by atoms with Crippen LogP contribution in [0.1, 0.15) is 10.4 Å². The molecule has 1 aromatic heterocycles. The highest BCUT2D eigenvalue weighted by atomic mass is 32.2. The third kappa shape index (κ3) is 4.40. The number of amides is 1. The number of hydrogen-bond acceptors (Lipinski definition) is 9. The zero-order valence-corrected chi connectivity index (χ0v) is 18.3. The van der Waals surface area contributed by atoms with Gasteiger partial charge in [-0.15, -0.1) is 10.2 Å². The highest BCUT2D eigenvalue weighted by Crippen LogP contribution is 2.31. The third-order valence-corrected chi connectivity index (χ3v) is 7.14. The second-order valence-corrected chi connectivity index (χ2v) is 9.05. The largest absolute Gasteiger partial charge is 0.490 e. The molecule has 172 valence electrons. The zero-order chi connectivity index (χ0) is 23.6. The van der Waals surface area contributed by atoms with Crippen molar-refractivity contribution < 1.29 is 27.3 Å². The Labute approximate surface area is 188 Å². The van der Waals surface area contributed by atoms with Crippen LogP contribution in [0.3, 0.4) is 0 Å². The number of carbonyl (C=O) groups is 1. The minimum absolute atomic E-state index is 0.0283. The quantitative estimate of drug-likeness (QED) is 0.386. The molecule has 0 unspecified atom stereocenters. The number of nitro groups is 1. The van der Waals surface area contributed by atoms with Gasteiger partial charge in [-0.3, -0.25) is 14.9 Å². The highest BCUT2D eigenvalue weighted by molar-refractivity contribution is 7.89. The molecule has 0 spiro atoms. The molecule has 0 radical (unpaired) electrons. The lowest BCUT2D eigenvalue weighted by atomic mass is 10.1. The highest BCUT2D eigenvalue weighted by Gasteiger charge is 2.32. The summed E-state index contributed by atoms with van der Waals surface area (Å²) in [7, 11) is -2.71. The van der Waals surface area contributed by atoms with Gasteiger partial charge in [0.1, 0.15) is 0 Å². The number of sulfonamides is 1. The number of nitrogens with zero attached hydrogens (tertiary/aromatic N) is 5. The summed E-state index contributed by atoms with van der Waals surface area (Å²) >= 11 is 0. The van der Waals surface area contributed by atoms with Crippen molar-refractivity contribution in [2.75, 3.05) is 33.3 Å². The van der Waals surface area contributed by atoms with Gasteiger partial charge in [0.15, 0.2) is 5.75 Å². The predicted molar refractivity (Wildman–Crippen MR) is 114 cm³/mol. The average molecular weight is 473 g/mol. The van der Waals surface area contributed by atoms with Crippen LogP contribution in [0.25, 0.3) is 11.5 Å². The van der Waals surface area contributed by atoms with E-state index in [0.29, 0.717) is 17.0 Å². The number of aromatic nitrogens is 2. The molecule has 2 heterocycles. The van der Waals surface area contributed by atoms with Gasteiger partial charge in [-0.2, -0.15) is 4.31 Å². The molecule has 3 aromatic rings. The molecular weight excluding hydrogens is 454 g/mol. The normalized spacial score (nSPS) is 14.8. The van der Waals surface area contributed by atoms with E-state index in [1.807, 2.05) is 0 Å². The van der Waals surface area contributed by atoms with E-state index >= 15 is 0 Å². The van der Waals surface area contributed by atoms with Crippen LogP contribution in [-0.4, -0.2) is 71.9 Å². The summed E-state index contributed by atoms with van der Waals surface area (Å²) < 4.78 is 37.3. The maximum absolute atomic E-state index is 13.0. The summed E-state index contributed by atoms with van der Waals surface area (Å²) in [4.78, 5) is 24.7. The molecule has 1 aliphatic heterocycles. The maximum atomic E-state index is 13.0. The van der Waals surface area contributed by atoms with Gasteiger partial charge in [0, 0.05) is 43.4 Å². The fourth-order valence-electron chi connectivity index (χ4n) is 3.49. The molecule has 1 fully saturated rings. The Hall–Kier alpha value is -3.84. The van der Waals surface area contributed by atoms with Crippen molar-refractivity contribution in [3.8, 4) is 17.2 Å². The third-order valence-electron chi connectivity index (χ3n) is 5.25. The van der Waals surface area contributed by atoms with Crippen LogP contribution in [0.2, 0.25) is 0 Å². The molecule has 2 aromatic carbocycles. The average Bonchev–Trinajstić information content (AvgIpc) is 3.38. The first kappa shape index (κ1) is 22.4. The monoisotopic (exact) mass is 473 g/mol. The molecule has 0 saturated carbocycles. The van der Waals surface area contributed by atoms with Crippen LogP contribution in [0.4, 0.5) is 5.69 Å². The lowest BCUT2D eigenvalue weighted by Crippen LogP contribution is -2.50. The van der Waals surface area contributed by atoms with Crippen LogP contribution in [-0.2, 0) is 10.0 Å². The van der Waals surface area contributed by atoms with Gasteiger partial charge in [0.2, 0.25) is 22.3 Å². The SMILES string of the molecule is COc1ccc(S(=O)(=O)N2CCN(C(=O)c3ccc(-c4nnco4)cc3)CC2)cc1[N+](=O)[O-]. The van der Waals surface area contributed by atoms with E-state index in [0.717, 1.165) is 6.07 Å². The number of ether oxygens (including phenoxy) is 1. The Kier molecular flexibility index (Phi) is 6.07. The Morgan fingerprint density at radius 1 is 1.12 bits per heavy atom. The first-order valence-electron chi connectivity index (χ1n) is 9.79. The van der Waals surface area contributed by atoms with E-state index in [9.17, 15) is 23.3 Å². The lowest BCUT2D eigenvalue weighted by molar-refractivity contribution is -0.386. The van der Waals surface area contributed by atoms with Crippen molar-refractivity contribution in [3.05, 3.63) is 64.5 Å². The van der Waals surface area contributed by atoms with Gasteiger partial charge in [0.25, 0.3) is 5.91 Å². The van der Waals surface area contributed by atoms with E-state index in [2.05, 4.69) is 10.2 Å². The molecule has 0 aliphatic carbocycles. The fraction of sp³-hybridized carbons (Fsp3) is 0.250. The van der Waals surface area contributed by atoms with Crippen LogP contribution in [0, 0.1) is 10.1 Å². The second-order valence-electron chi connectivity index (χ2n) is 7.11. The number of benzene rings is 2. The van der Waals surface area contributed by atoms with E-state index in [4.69, 9.17) is 9.15 Å². The molecule has 0 atom stereocenters. The number of piperazine rings is 1. The summed E-state index contributed by atoms with van der Waals surface area (Å²) in [5.41, 5.74) is 0.685. The van der Waals surface area contributed by atoms with Crippen molar-refractivity contribution in [2.24, 2.45) is 0 Å². The molecule has 0 N–H and O–H groups in total. The van der Waals surface area contributed by atoms with E-state index in [-0.39, 0.29) is 42.7 Å². The molecule has 1 aliphatic rings. The summed E-state index contributed by atoms with van der Waals surface area (Å²) in [5, 5.41) is 18.7. The fourth-order valence-corrected chi connectivity index (χ4v) is 4.93. The number of carbonyl (C=O) groups excluding carboxylic acids is 1. The molecule has 13 heteroatoms. The Balaban J connectivity index is 1.44. The van der Waals surface area contributed by atoms with Gasteiger partial charge in [-0.25, -0.2) is 8.42 Å². The smallest absolute Gasteiger partial charge is 0.312 e. The Morgan fingerprint density at radius 2 is 1.82 bits per heavy atom. The second kappa shape index (κ2) is 8.96. The Bertz CT molecular complexity index is 1270.